The second-order valence-electron chi connectivity index (χ2n) is 7.66. The highest BCUT2D eigenvalue weighted by Gasteiger charge is 2.13. The largest absolute Gasteiger partial charge is 0.273 e. The summed E-state index contributed by atoms with van der Waals surface area (Å²) in [7, 11) is 0. The van der Waals surface area contributed by atoms with E-state index < -0.39 is 0 Å². The van der Waals surface area contributed by atoms with Crippen LogP contribution in [0.1, 0.15) is 118 Å². The van der Waals surface area contributed by atoms with Crippen LogP contribution in [0.5, 0.6) is 0 Å². The van der Waals surface area contributed by atoms with Crippen LogP contribution in [0.15, 0.2) is 0 Å². The number of carbonyl (C=O) groups excluding carboxylic acids is 1. The fourth-order valence-electron chi connectivity index (χ4n) is 3.10. The molecule has 0 aromatic carbocycles. The summed E-state index contributed by atoms with van der Waals surface area (Å²) in [6.07, 6.45) is 17.6. The summed E-state index contributed by atoms with van der Waals surface area (Å²) < 4.78 is 0. The molecule has 0 spiro atoms. The van der Waals surface area contributed by atoms with Gasteiger partial charge in [-0.2, -0.15) is 0 Å². The lowest BCUT2D eigenvalue weighted by molar-refractivity contribution is -0.338. The zero-order valence-corrected chi connectivity index (χ0v) is 18.1. The van der Waals surface area contributed by atoms with Gasteiger partial charge in [-0.3, -0.25) is 4.79 Å². The maximum absolute atomic E-state index is 11.9. The minimum atomic E-state index is -0.0675. The monoisotopic (exact) mass is 371 g/mol. The number of hydrogen-bond donors (Lipinski definition) is 0. The van der Waals surface area contributed by atoms with Gasteiger partial charge in [0.25, 0.3) is 5.91 Å². The molecule has 0 aliphatic heterocycles. The van der Waals surface area contributed by atoms with Gasteiger partial charge < -0.3 is 0 Å². The van der Waals surface area contributed by atoms with E-state index in [0.29, 0.717) is 19.6 Å². The molecule has 4 heteroatoms. The van der Waals surface area contributed by atoms with E-state index in [1.54, 1.807) is 0 Å². The Labute approximate surface area is 162 Å². The minimum Gasteiger partial charge on any atom is -0.270 e. The van der Waals surface area contributed by atoms with Crippen LogP contribution in [0.2, 0.25) is 0 Å². The molecule has 0 saturated carbocycles. The van der Waals surface area contributed by atoms with E-state index in [-0.39, 0.29) is 5.91 Å². The molecule has 156 valence electrons. The molecule has 1 amide bonds. The third-order valence-corrected chi connectivity index (χ3v) is 4.62. The van der Waals surface area contributed by atoms with Crippen molar-refractivity contribution in [2.45, 2.75) is 118 Å². The van der Waals surface area contributed by atoms with Gasteiger partial charge in [0.2, 0.25) is 0 Å². The van der Waals surface area contributed by atoms with E-state index in [0.717, 1.165) is 24.0 Å². The van der Waals surface area contributed by atoms with Crippen LogP contribution in [0, 0.1) is 5.92 Å². The number of unbranched alkanes of at least 4 members (excludes halogenated alkanes) is 11. The predicted octanol–water partition coefficient (Wildman–Crippen LogP) is 6.84. The quantitative estimate of drug-likeness (QED) is 0.184. The highest BCUT2D eigenvalue weighted by molar-refractivity contribution is 5.73. The first-order valence-corrected chi connectivity index (χ1v) is 11.2. The van der Waals surface area contributed by atoms with Gasteiger partial charge >= 0.3 is 0 Å². The lowest BCUT2D eigenvalue weighted by Crippen LogP contribution is -2.31. The molecular formula is C22H45NO3. The molecule has 0 saturated heterocycles. The Hall–Kier alpha value is -0.610. The topological polar surface area (TPSA) is 38.8 Å². The zero-order valence-electron chi connectivity index (χ0n) is 18.1. The van der Waals surface area contributed by atoms with Crippen LogP contribution in [0.3, 0.4) is 0 Å². The number of nitrogens with zero attached hydrogens (tertiary/aromatic N) is 1. The third-order valence-electron chi connectivity index (χ3n) is 4.62. The molecule has 0 heterocycles. The lowest BCUT2D eigenvalue weighted by atomic mass is 10.0. The van der Waals surface area contributed by atoms with Gasteiger partial charge in [0.15, 0.2) is 0 Å². The summed E-state index contributed by atoms with van der Waals surface area (Å²) in [6.45, 7) is 9.23. The Balaban J connectivity index is 3.32. The molecule has 0 radical (unpaired) electrons. The fraction of sp³-hybridized carbons (Fsp3) is 0.955. The number of rotatable bonds is 19. The van der Waals surface area contributed by atoms with Crippen molar-refractivity contribution < 1.29 is 14.5 Å². The van der Waals surface area contributed by atoms with Crippen molar-refractivity contribution in [3.63, 3.8) is 0 Å². The van der Waals surface area contributed by atoms with E-state index in [1.807, 2.05) is 13.8 Å². The minimum absolute atomic E-state index is 0.0675. The predicted molar refractivity (Wildman–Crippen MR) is 110 cm³/mol. The van der Waals surface area contributed by atoms with Crippen LogP contribution in [0.4, 0.5) is 0 Å². The van der Waals surface area contributed by atoms with Gasteiger partial charge in [0.1, 0.15) is 0 Å². The number of hydroxylamine groups is 2. The van der Waals surface area contributed by atoms with E-state index in [2.05, 4.69) is 13.8 Å². The van der Waals surface area contributed by atoms with E-state index in [4.69, 9.17) is 9.68 Å². The van der Waals surface area contributed by atoms with Crippen molar-refractivity contribution in [2.24, 2.45) is 5.92 Å². The molecule has 0 aromatic rings. The van der Waals surface area contributed by atoms with Crippen LogP contribution < -0.4 is 0 Å². The second kappa shape index (κ2) is 19.2. The molecular weight excluding hydrogens is 326 g/mol. The van der Waals surface area contributed by atoms with Crippen molar-refractivity contribution in [1.82, 2.24) is 5.23 Å². The van der Waals surface area contributed by atoms with Crippen LogP contribution >= 0.6 is 0 Å². The molecule has 26 heavy (non-hydrogen) atoms. The van der Waals surface area contributed by atoms with Crippen LogP contribution in [-0.4, -0.2) is 24.3 Å². The standard InChI is InChI=1S/C22H45NO3/c1-5-25-23(26-6-2)22(24)20-18-16-14-12-10-8-7-9-11-13-15-17-19-21(3)4/h21H,5-20H2,1-4H3. The molecule has 0 aromatic heterocycles. The van der Waals surface area contributed by atoms with Gasteiger partial charge in [0.05, 0.1) is 13.2 Å². The van der Waals surface area contributed by atoms with Gasteiger partial charge in [-0.05, 0) is 26.2 Å². The summed E-state index contributed by atoms with van der Waals surface area (Å²) in [6, 6.07) is 0. The third kappa shape index (κ3) is 16.8. The molecule has 0 bridgehead atoms. The first-order chi connectivity index (χ1) is 12.6. The first kappa shape index (κ1) is 25.4. The molecule has 0 atom stereocenters. The lowest BCUT2D eigenvalue weighted by Gasteiger charge is -2.18. The van der Waals surface area contributed by atoms with E-state index in [1.165, 1.54) is 70.6 Å². The Kier molecular flexibility index (Phi) is 18.7. The summed E-state index contributed by atoms with van der Waals surface area (Å²) >= 11 is 0. The average Bonchev–Trinajstić information content (AvgIpc) is 2.61. The first-order valence-electron chi connectivity index (χ1n) is 11.2. The molecule has 0 aliphatic carbocycles. The maximum atomic E-state index is 11.9. The summed E-state index contributed by atoms with van der Waals surface area (Å²) in [5, 5.41) is 1.06. The van der Waals surface area contributed by atoms with Gasteiger partial charge in [-0.15, -0.1) is 0 Å². The molecule has 0 N–H and O–H groups in total. The second-order valence-corrected chi connectivity index (χ2v) is 7.66. The van der Waals surface area contributed by atoms with Gasteiger partial charge in [-0.25, -0.2) is 9.68 Å². The van der Waals surface area contributed by atoms with Crippen molar-refractivity contribution in [3.8, 4) is 0 Å². The van der Waals surface area contributed by atoms with Gasteiger partial charge in [0, 0.05) is 6.42 Å². The number of hydrogen-bond acceptors (Lipinski definition) is 3. The maximum Gasteiger partial charge on any atom is 0.273 e. The van der Waals surface area contributed by atoms with E-state index >= 15 is 0 Å². The smallest absolute Gasteiger partial charge is 0.270 e. The highest BCUT2D eigenvalue weighted by Crippen LogP contribution is 2.14. The van der Waals surface area contributed by atoms with Crippen LogP contribution in [-0.2, 0) is 14.5 Å². The van der Waals surface area contributed by atoms with Gasteiger partial charge in [-0.1, -0.05) is 96.1 Å². The summed E-state index contributed by atoms with van der Waals surface area (Å²) in [5.74, 6) is 0.795. The molecule has 0 unspecified atom stereocenters. The molecule has 0 aliphatic rings. The van der Waals surface area contributed by atoms with Crippen molar-refractivity contribution >= 4 is 5.91 Å². The molecule has 0 fully saturated rings. The average molecular weight is 372 g/mol. The fourth-order valence-corrected chi connectivity index (χ4v) is 3.10. The number of carbonyl (C=O) groups is 1. The summed E-state index contributed by atoms with van der Waals surface area (Å²) in [4.78, 5) is 22.3. The highest BCUT2D eigenvalue weighted by atomic mass is 17.0. The normalized spacial score (nSPS) is 11.3. The van der Waals surface area contributed by atoms with Crippen molar-refractivity contribution in [2.75, 3.05) is 13.2 Å². The Morgan fingerprint density at radius 2 is 1.08 bits per heavy atom. The van der Waals surface area contributed by atoms with E-state index in [9.17, 15) is 4.79 Å². The summed E-state index contributed by atoms with van der Waals surface area (Å²) in [5.41, 5.74) is 0. The van der Waals surface area contributed by atoms with Crippen molar-refractivity contribution in [3.05, 3.63) is 0 Å². The number of amides is 1. The van der Waals surface area contributed by atoms with Crippen LogP contribution in [0.25, 0.3) is 0 Å². The Bertz CT molecular complexity index is 302. The SMILES string of the molecule is CCON(OCC)C(=O)CCCCCCCCCCCCCCC(C)C. The zero-order chi connectivity index (χ0) is 19.5. The van der Waals surface area contributed by atoms with Crippen molar-refractivity contribution in [1.29, 1.82) is 0 Å². The molecule has 4 nitrogen and oxygen atoms in total. The Morgan fingerprint density at radius 3 is 1.46 bits per heavy atom. The molecule has 0 rings (SSSR count). The Morgan fingerprint density at radius 1 is 0.692 bits per heavy atom.